The van der Waals surface area contributed by atoms with Gasteiger partial charge >= 0.3 is 0 Å². The number of anilines is 1. The molecular weight excluding hydrogens is 502 g/mol. The number of rotatable bonds is 8. The first kappa shape index (κ1) is 25.0. The fraction of sp³-hybridized carbons (Fsp3) is 0.345. The van der Waals surface area contributed by atoms with E-state index in [1.165, 1.54) is 0 Å². The lowest BCUT2D eigenvalue weighted by Crippen LogP contribution is -2.43. The maximum Gasteiger partial charge on any atom is 0.249 e. The van der Waals surface area contributed by atoms with Crippen LogP contribution < -0.4 is 5.32 Å². The van der Waals surface area contributed by atoms with Crippen molar-refractivity contribution in [2.45, 2.75) is 37.9 Å². The van der Waals surface area contributed by atoms with Crippen LogP contribution in [0.3, 0.4) is 0 Å². The molecule has 1 amide bonds. The van der Waals surface area contributed by atoms with E-state index >= 15 is 0 Å². The van der Waals surface area contributed by atoms with E-state index in [-0.39, 0.29) is 11.8 Å². The van der Waals surface area contributed by atoms with Gasteiger partial charge in [0.2, 0.25) is 11.9 Å². The summed E-state index contributed by atoms with van der Waals surface area (Å²) in [7, 11) is 0. The van der Waals surface area contributed by atoms with E-state index in [0.717, 1.165) is 48.3 Å². The summed E-state index contributed by atoms with van der Waals surface area (Å²) in [6, 6.07) is 21.5. The molecule has 1 aliphatic heterocycles. The number of carbonyl (C=O) groups excluding carboxylic acids is 1. The van der Waals surface area contributed by atoms with Crippen LogP contribution in [0.5, 0.6) is 0 Å². The van der Waals surface area contributed by atoms with Gasteiger partial charge in [0.1, 0.15) is 0 Å². The number of aliphatic hydroxyl groups is 1. The van der Waals surface area contributed by atoms with Gasteiger partial charge in [0.25, 0.3) is 0 Å². The topological polar surface area (TPSA) is 92.0 Å². The van der Waals surface area contributed by atoms with Gasteiger partial charge in [-0.2, -0.15) is 4.98 Å². The Morgan fingerprint density at radius 1 is 1.05 bits per heavy atom. The van der Waals surface area contributed by atoms with Crippen molar-refractivity contribution in [3.05, 3.63) is 82.9 Å². The lowest BCUT2D eigenvalue weighted by molar-refractivity contribution is -0.117. The first-order valence-corrected chi connectivity index (χ1v) is 13.4. The summed E-state index contributed by atoms with van der Waals surface area (Å²) >= 11 is 5.99. The van der Waals surface area contributed by atoms with E-state index in [0.29, 0.717) is 42.8 Å². The van der Waals surface area contributed by atoms with Crippen LogP contribution in [-0.2, 0) is 21.7 Å². The average Bonchev–Trinajstić information content (AvgIpc) is 3.70. The summed E-state index contributed by atoms with van der Waals surface area (Å²) in [5.41, 5.74) is 3.77. The molecule has 8 nitrogen and oxygen atoms in total. The summed E-state index contributed by atoms with van der Waals surface area (Å²) in [5.74, 6) is 0.431. The monoisotopic (exact) mass is 531 g/mol. The number of hydrogen-bond acceptors (Lipinski definition) is 6. The van der Waals surface area contributed by atoms with Gasteiger partial charge in [0.15, 0.2) is 5.65 Å². The Hall–Kier alpha value is -3.30. The maximum absolute atomic E-state index is 12.1. The third-order valence-electron chi connectivity index (χ3n) is 7.40. The van der Waals surface area contributed by atoms with E-state index in [4.69, 9.17) is 16.3 Å². The van der Waals surface area contributed by atoms with Gasteiger partial charge in [-0.15, -0.1) is 5.10 Å². The van der Waals surface area contributed by atoms with Crippen LogP contribution in [0.15, 0.2) is 66.7 Å². The van der Waals surface area contributed by atoms with Crippen molar-refractivity contribution in [3.8, 4) is 11.3 Å². The number of piperidine rings is 1. The molecule has 1 saturated heterocycles. The third-order valence-corrected chi connectivity index (χ3v) is 7.65. The zero-order valence-electron chi connectivity index (χ0n) is 21.0. The fourth-order valence-electron chi connectivity index (χ4n) is 4.90. The Balaban J connectivity index is 1.03. The number of halogens is 1. The van der Waals surface area contributed by atoms with Gasteiger partial charge in [-0.05, 0) is 61.1 Å². The molecule has 196 valence electrons. The van der Waals surface area contributed by atoms with E-state index in [9.17, 15) is 9.90 Å². The summed E-state index contributed by atoms with van der Waals surface area (Å²) in [4.78, 5) is 18.8. The number of nitrogens with one attached hydrogen (secondary N) is 1. The van der Waals surface area contributed by atoms with Crippen LogP contribution >= 0.6 is 11.6 Å². The fourth-order valence-corrected chi connectivity index (χ4v) is 5.03. The van der Waals surface area contributed by atoms with E-state index in [1.807, 2.05) is 54.6 Å². The van der Waals surface area contributed by atoms with Gasteiger partial charge in [0.05, 0.1) is 24.6 Å². The molecule has 2 aromatic heterocycles. The molecule has 0 spiro atoms. The lowest BCUT2D eigenvalue weighted by atomic mass is 9.84. The predicted molar refractivity (Wildman–Crippen MR) is 146 cm³/mol. The molecule has 6 rings (SSSR count). The molecule has 4 aromatic rings. The molecule has 0 unspecified atom stereocenters. The van der Waals surface area contributed by atoms with Crippen molar-refractivity contribution >= 4 is 29.1 Å². The largest absolute Gasteiger partial charge is 0.385 e. The Morgan fingerprint density at radius 3 is 2.50 bits per heavy atom. The number of amides is 1. The molecule has 2 aliphatic rings. The Labute approximate surface area is 226 Å². The molecule has 2 fully saturated rings. The number of fused-ring (bicyclic) bond motifs is 1. The van der Waals surface area contributed by atoms with Gasteiger partial charge in [0, 0.05) is 29.6 Å². The second-order valence-electron chi connectivity index (χ2n) is 10.2. The summed E-state index contributed by atoms with van der Waals surface area (Å²) in [6.45, 7) is 2.56. The molecule has 0 atom stereocenters. The number of aromatic nitrogens is 3. The van der Waals surface area contributed by atoms with Gasteiger partial charge in [-0.25, -0.2) is 4.52 Å². The van der Waals surface area contributed by atoms with E-state index < -0.39 is 5.60 Å². The highest BCUT2D eigenvalue weighted by Crippen LogP contribution is 2.33. The second kappa shape index (κ2) is 10.5. The van der Waals surface area contributed by atoms with Gasteiger partial charge in [-0.1, -0.05) is 54.1 Å². The van der Waals surface area contributed by atoms with Crippen molar-refractivity contribution in [2.24, 2.45) is 5.92 Å². The Bertz CT molecular complexity index is 1430. The van der Waals surface area contributed by atoms with Crippen molar-refractivity contribution in [1.29, 1.82) is 0 Å². The number of hydrogen-bond donors (Lipinski definition) is 2. The number of pyridine rings is 1. The SMILES string of the molecule is O=C(Nc1nc2cccc(-c3ccc(COCN4CCC(O)(c5ccc(Cl)cc5)CC4)cc3)n2n1)C1CC1. The second-order valence-corrected chi connectivity index (χ2v) is 10.6. The van der Waals surface area contributed by atoms with Crippen LogP contribution in [0.1, 0.15) is 36.8 Å². The molecule has 38 heavy (non-hydrogen) atoms. The summed E-state index contributed by atoms with van der Waals surface area (Å²) in [5, 5.41) is 19.1. The zero-order valence-corrected chi connectivity index (χ0v) is 21.8. The minimum Gasteiger partial charge on any atom is -0.385 e. The Kier molecular flexibility index (Phi) is 6.88. The zero-order chi connectivity index (χ0) is 26.1. The van der Waals surface area contributed by atoms with Gasteiger partial charge in [-0.3, -0.25) is 15.0 Å². The Morgan fingerprint density at radius 2 is 1.79 bits per heavy atom. The highest BCUT2D eigenvalue weighted by atomic mass is 35.5. The number of ether oxygens (including phenoxy) is 1. The smallest absolute Gasteiger partial charge is 0.249 e. The van der Waals surface area contributed by atoms with E-state index in [2.05, 4.69) is 32.4 Å². The summed E-state index contributed by atoms with van der Waals surface area (Å²) < 4.78 is 7.75. The molecule has 3 heterocycles. The third kappa shape index (κ3) is 5.44. The normalized spacial score (nSPS) is 17.5. The number of nitrogens with zero attached hydrogens (tertiary/aromatic N) is 4. The molecule has 1 aliphatic carbocycles. The molecule has 2 aromatic carbocycles. The number of likely N-dealkylation sites (tertiary alicyclic amines) is 1. The maximum atomic E-state index is 12.1. The van der Waals surface area contributed by atoms with Crippen LogP contribution in [0.4, 0.5) is 5.95 Å². The highest BCUT2D eigenvalue weighted by molar-refractivity contribution is 6.30. The van der Waals surface area contributed by atoms with Crippen LogP contribution in [-0.4, -0.2) is 50.3 Å². The number of benzene rings is 2. The van der Waals surface area contributed by atoms with Crippen LogP contribution in [0.25, 0.3) is 16.9 Å². The van der Waals surface area contributed by atoms with Crippen molar-refractivity contribution in [3.63, 3.8) is 0 Å². The van der Waals surface area contributed by atoms with Crippen LogP contribution in [0.2, 0.25) is 5.02 Å². The molecule has 0 bridgehead atoms. The lowest BCUT2D eigenvalue weighted by Gasteiger charge is -2.38. The first-order chi connectivity index (χ1) is 18.5. The minimum absolute atomic E-state index is 0.00592. The standard InChI is InChI=1S/C29H30ClN5O3/c30-24-12-10-23(11-13-24)29(37)14-16-34(17-15-29)19-38-18-20-4-6-21(7-5-20)25-2-1-3-26-31-28(33-35(25)26)32-27(36)22-8-9-22/h1-7,10-13,22,37H,8-9,14-19H2,(H,32,33,36). The van der Waals surface area contributed by atoms with Crippen molar-refractivity contribution in [2.75, 3.05) is 25.1 Å². The molecule has 1 saturated carbocycles. The summed E-state index contributed by atoms with van der Waals surface area (Å²) in [6.07, 6.45) is 3.19. The average molecular weight is 532 g/mol. The van der Waals surface area contributed by atoms with Crippen LogP contribution in [0, 0.1) is 5.92 Å². The quantitative estimate of drug-likeness (QED) is 0.337. The molecular formula is C29H30ClN5O3. The van der Waals surface area contributed by atoms with Crippen molar-refractivity contribution < 1.29 is 14.6 Å². The van der Waals surface area contributed by atoms with Crippen molar-refractivity contribution in [1.82, 2.24) is 19.5 Å². The molecule has 2 N–H and O–H groups in total. The van der Waals surface area contributed by atoms with E-state index in [1.54, 1.807) is 4.52 Å². The minimum atomic E-state index is -0.812. The molecule has 9 heteroatoms. The first-order valence-electron chi connectivity index (χ1n) is 13.0. The predicted octanol–water partition coefficient (Wildman–Crippen LogP) is 4.86. The molecule has 0 radical (unpaired) electrons. The van der Waals surface area contributed by atoms with Gasteiger partial charge < -0.3 is 9.84 Å². The highest BCUT2D eigenvalue weighted by Gasteiger charge is 2.34. The number of carbonyl (C=O) groups is 1.